The number of hydrogen-bond donors (Lipinski definition) is 3. The Morgan fingerprint density at radius 2 is 1.84 bits per heavy atom. The van der Waals surface area contributed by atoms with Gasteiger partial charge in [0, 0.05) is 38.4 Å². The van der Waals surface area contributed by atoms with E-state index in [1.165, 1.54) is 5.69 Å². The number of aliphatic hydroxyl groups excluding tert-OH is 1. The smallest absolute Gasteiger partial charge is 0.145 e. The van der Waals surface area contributed by atoms with Crippen LogP contribution in [0.3, 0.4) is 0 Å². The molecule has 3 heterocycles. The number of amidine groups is 1. The van der Waals surface area contributed by atoms with Crippen molar-refractivity contribution in [1.29, 1.82) is 5.41 Å². The van der Waals surface area contributed by atoms with E-state index in [9.17, 15) is 5.11 Å². The molecule has 0 saturated carbocycles. The van der Waals surface area contributed by atoms with Crippen molar-refractivity contribution in [1.82, 2.24) is 19.8 Å². The number of aliphatic hydroxyl groups is 1. The molecule has 1 saturated heterocycles. The third-order valence-electron chi connectivity index (χ3n) is 6.29. The standard InChI is InChI=1S/C24H28N6O2/c1-28-9-11-29(12-10-28)17-5-8-19-20(13-17)27-24(26-19)22-21(31)15-30(23(22)25)14-16-3-6-18(32-2)7-4-16/h3-8,13,25,31H,9-12,14-15H2,1-2H3,(H,26,27). The van der Waals surface area contributed by atoms with E-state index < -0.39 is 0 Å². The fourth-order valence-corrected chi connectivity index (χ4v) is 4.35. The highest BCUT2D eigenvalue weighted by Crippen LogP contribution is 2.30. The Morgan fingerprint density at radius 3 is 2.56 bits per heavy atom. The summed E-state index contributed by atoms with van der Waals surface area (Å²) < 4.78 is 5.21. The van der Waals surface area contributed by atoms with Crippen molar-refractivity contribution in [2.75, 3.05) is 51.8 Å². The van der Waals surface area contributed by atoms with E-state index in [2.05, 4.69) is 38.9 Å². The molecule has 1 fully saturated rings. The molecule has 0 radical (unpaired) electrons. The molecule has 8 nitrogen and oxygen atoms in total. The highest BCUT2D eigenvalue weighted by Gasteiger charge is 2.30. The van der Waals surface area contributed by atoms with E-state index in [1.807, 2.05) is 35.2 Å². The van der Waals surface area contributed by atoms with E-state index in [0.29, 0.717) is 24.5 Å². The number of nitrogens with one attached hydrogen (secondary N) is 2. The van der Waals surface area contributed by atoms with E-state index in [-0.39, 0.29) is 11.6 Å². The predicted molar refractivity (Wildman–Crippen MR) is 126 cm³/mol. The molecule has 2 aliphatic heterocycles. The molecule has 166 valence electrons. The van der Waals surface area contributed by atoms with Gasteiger partial charge in [-0.2, -0.15) is 0 Å². The summed E-state index contributed by atoms with van der Waals surface area (Å²) in [5.74, 6) is 1.78. The van der Waals surface area contributed by atoms with Crippen molar-refractivity contribution < 1.29 is 9.84 Å². The zero-order valence-electron chi connectivity index (χ0n) is 18.4. The first-order valence-electron chi connectivity index (χ1n) is 10.8. The lowest BCUT2D eigenvalue weighted by Gasteiger charge is -2.34. The Bertz CT molecular complexity index is 1170. The van der Waals surface area contributed by atoms with Gasteiger partial charge in [-0.1, -0.05) is 12.1 Å². The molecule has 0 bridgehead atoms. The van der Waals surface area contributed by atoms with Crippen LogP contribution < -0.4 is 9.64 Å². The SMILES string of the molecule is COc1ccc(CN2CC(O)=C(c3nc4ccc(N5CCN(C)CC5)cc4[nH]3)C2=N)cc1. The lowest BCUT2D eigenvalue weighted by atomic mass is 10.2. The Balaban J connectivity index is 1.35. The summed E-state index contributed by atoms with van der Waals surface area (Å²) in [6.07, 6.45) is 0. The zero-order valence-corrected chi connectivity index (χ0v) is 18.4. The van der Waals surface area contributed by atoms with Crippen LogP contribution in [0.1, 0.15) is 11.4 Å². The van der Waals surface area contributed by atoms with Gasteiger partial charge >= 0.3 is 0 Å². The van der Waals surface area contributed by atoms with E-state index >= 15 is 0 Å². The van der Waals surface area contributed by atoms with Gasteiger partial charge < -0.3 is 29.5 Å². The third-order valence-corrected chi connectivity index (χ3v) is 6.29. The number of anilines is 1. The normalized spacial score (nSPS) is 17.6. The van der Waals surface area contributed by atoms with Gasteiger partial charge in [0.1, 0.15) is 23.2 Å². The van der Waals surface area contributed by atoms with Crippen LogP contribution in [0, 0.1) is 5.41 Å². The van der Waals surface area contributed by atoms with Crippen LogP contribution in [-0.4, -0.2) is 77.6 Å². The largest absolute Gasteiger partial charge is 0.510 e. The Morgan fingerprint density at radius 1 is 1.09 bits per heavy atom. The molecular weight excluding hydrogens is 404 g/mol. The maximum Gasteiger partial charge on any atom is 0.145 e. The number of methoxy groups -OCH3 is 1. The van der Waals surface area contributed by atoms with Gasteiger partial charge in [0.25, 0.3) is 0 Å². The molecule has 1 aromatic heterocycles. The lowest BCUT2D eigenvalue weighted by Crippen LogP contribution is -2.44. The number of ether oxygens (including phenoxy) is 1. The molecule has 2 aromatic carbocycles. The number of aromatic amines is 1. The Labute approximate surface area is 187 Å². The van der Waals surface area contributed by atoms with Crippen LogP contribution in [0.2, 0.25) is 0 Å². The molecule has 0 spiro atoms. The fourth-order valence-electron chi connectivity index (χ4n) is 4.35. The fraction of sp³-hybridized carbons (Fsp3) is 0.333. The highest BCUT2D eigenvalue weighted by atomic mass is 16.5. The number of rotatable bonds is 5. The Kier molecular flexibility index (Phi) is 5.22. The van der Waals surface area contributed by atoms with Crippen molar-refractivity contribution in [3.8, 4) is 5.75 Å². The molecule has 0 amide bonds. The van der Waals surface area contributed by atoms with Gasteiger partial charge in [-0.3, -0.25) is 5.41 Å². The number of imidazole rings is 1. The quantitative estimate of drug-likeness (QED) is 0.574. The maximum atomic E-state index is 10.7. The van der Waals surface area contributed by atoms with Crippen molar-refractivity contribution >= 4 is 28.1 Å². The molecule has 0 unspecified atom stereocenters. The number of aromatic nitrogens is 2. The van der Waals surface area contributed by atoms with Gasteiger partial charge in [0.05, 0.1) is 30.3 Å². The molecular formula is C24H28N6O2. The minimum absolute atomic E-state index is 0.168. The summed E-state index contributed by atoms with van der Waals surface area (Å²) in [6.45, 7) is 4.93. The number of piperazine rings is 1. The minimum Gasteiger partial charge on any atom is -0.510 e. The number of H-pyrrole nitrogens is 1. The second-order valence-electron chi connectivity index (χ2n) is 8.45. The zero-order chi connectivity index (χ0) is 22.2. The van der Waals surface area contributed by atoms with E-state index in [0.717, 1.165) is 48.5 Å². The third kappa shape index (κ3) is 3.78. The molecule has 32 heavy (non-hydrogen) atoms. The van der Waals surface area contributed by atoms with Crippen molar-refractivity contribution in [3.05, 3.63) is 59.6 Å². The maximum absolute atomic E-state index is 10.7. The molecule has 0 atom stereocenters. The first kappa shape index (κ1) is 20.4. The number of benzene rings is 2. The first-order chi connectivity index (χ1) is 15.5. The predicted octanol–water partition coefficient (Wildman–Crippen LogP) is 3.09. The molecule has 3 aromatic rings. The summed E-state index contributed by atoms with van der Waals surface area (Å²) in [6, 6.07) is 14.0. The van der Waals surface area contributed by atoms with Crippen LogP contribution in [0.15, 0.2) is 48.2 Å². The van der Waals surface area contributed by atoms with Gasteiger partial charge in [-0.05, 0) is 42.9 Å². The van der Waals surface area contributed by atoms with Crippen molar-refractivity contribution in [2.24, 2.45) is 0 Å². The summed E-state index contributed by atoms with van der Waals surface area (Å²) >= 11 is 0. The monoisotopic (exact) mass is 432 g/mol. The molecule has 3 N–H and O–H groups in total. The number of likely N-dealkylation sites (N-methyl/N-ethyl adjacent to an activating group) is 1. The summed E-state index contributed by atoms with van der Waals surface area (Å²) in [5, 5.41) is 19.3. The second-order valence-corrected chi connectivity index (χ2v) is 8.45. The van der Waals surface area contributed by atoms with Crippen LogP contribution in [-0.2, 0) is 6.54 Å². The van der Waals surface area contributed by atoms with Gasteiger partial charge in [-0.25, -0.2) is 4.98 Å². The Hall–Kier alpha value is -3.52. The lowest BCUT2D eigenvalue weighted by molar-refractivity contribution is 0.313. The molecule has 8 heteroatoms. The number of hydrogen-bond acceptors (Lipinski definition) is 6. The summed E-state index contributed by atoms with van der Waals surface area (Å²) in [5.41, 5.74) is 4.43. The number of nitrogens with zero attached hydrogens (tertiary/aromatic N) is 4. The second kappa shape index (κ2) is 8.20. The van der Waals surface area contributed by atoms with Gasteiger partial charge in [0.15, 0.2) is 0 Å². The highest BCUT2D eigenvalue weighted by molar-refractivity contribution is 6.23. The van der Waals surface area contributed by atoms with Crippen LogP contribution in [0.5, 0.6) is 5.75 Å². The van der Waals surface area contributed by atoms with Crippen LogP contribution >= 0.6 is 0 Å². The molecule has 0 aliphatic carbocycles. The van der Waals surface area contributed by atoms with Crippen LogP contribution in [0.25, 0.3) is 16.6 Å². The van der Waals surface area contributed by atoms with Gasteiger partial charge in [-0.15, -0.1) is 0 Å². The minimum atomic E-state index is 0.168. The average molecular weight is 433 g/mol. The molecule has 5 rings (SSSR count). The van der Waals surface area contributed by atoms with E-state index in [1.54, 1.807) is 7.11 Å². The van der Waals surface area contributed by atoms with Crippen LogP contribution in [0.4, 0.5) is 5.69 Å². The summed E-state index contributed by atoms with van der Waals surface area (Å²) in [7, 11) is 3.79. The first-order valence-corrected chi connectivity index (χ1v) is 10.8. The summed E-state index contributed by atoms with van der Waals surface area (Å²) in [4.78, 5) is 14.6. The number of fused-ring (bicyclic) bond motifs is 1. The van der Waals surface area contributed by atoms with E-state index in [4.69, 9.17) is 10.1 Å². The average Bonchev–Trinajstić information content (AvgIpc) is 3.33. The topological polar surface area (TPSA) is 91.7 Å². The van der Waals surface area contributed by atoms with Gasteiger partial charge in [0.2, 0.25) is 0 Å². The van der Waals surface area contributed by atoms with Crippen molar-refractivity contribution in [2.45, 2.75) is 6.54 Å². The van der Waals surface area contributed by atoms with Crippen molar-refractivity contribution in [3.63, 3.8) is 0 Å². The molecule has 2 aliphatic rings.